The number of fused-ring (bicyclic) bond motifs is 1. The number of nitrogens with one attached hydrogen (secondary N) is 1. The van der Waals surface area contributed by atoms with Crippen LogP contribution < -0.4 is 19.5 Å². The summed E-state index contributed by atoms with van der Waals surface area (Å²) in [5.74, 6) is 1.88. The first kappa shape index (κ1) is 18.3. The van der Waals surface area contributed by atoms with Gasteiger partial charge in [0, 0.05) is 16.6 Å². The molecule has 4 rings (SSSR count). The number of aromatic nitrogens is 1. The van der Waals surface area contributed by atoms with Crippen LogP contribution in [0.15, 0.2) is 47.8 Å². The monoisotopic (exact) mass is 396 g/mol. The van der Waals surface area contributed by atoms with Gasteiger partial charge in [-0.25, -0.2) is 4.98 Å². The van der Waals surface area contributed by atoms with Crippen LogP contribution in [0.4, 0.5) is 0 Å². The minimum atomic E-state index is -0.190. The lowest BCUT2D eigenvalue weighted by Gasteiger charge is -2.15. The molecule has 3 aromatic rings. The molecule has 1 N–H and O–H groups in total. The van der Waals surface area contributed by atoms with Crippen LogP contribution in [0, 0.1) is 6.92 Å². The SMILES string of the molecule is Cc1csc(-c2ccc(OCC(=O)N[C@@H](C)c3ccc4c(c3)OCO4)cc2)n1. The molecule has 0 saturated carbocycles. The fourth-order valence-electron chi connectivity index (χ4n) is 2.88. The Morgan fingerprint density at radius 1 is 1.21 bits per heavy atom. The van der Waals surface area contributed by atoms with Gasteiger partial charge in [-0.3, -0.25) is 4.79 Å². The fourth-order valence-corrected chi connectivity index (χ4v) is 3.68. The normalized spacial score (nSPS) is 13.2. The number of aryl methyl sites for hydroxylation is 1. The van der Waals surface area contributed by atoms with E-state index in [0.29, 0.717) is 11.5 Å². The Morgan fingerprint density at radius 2 is 2.00 bits per heavy atom. The molecule has 1 aliphatic heterocycles. The zero-order chi connectivity index (χ0) is 19.5. The van der Waals surface area contributed by atoms with Crippen molar-refractivity contribution in [2.75, 3.05) is 13.4 Å². The smallest absolute Gasteiger partial charge is 0.258 e. The summed E-state index contributed by atoms with van der Waals surface area (Å²) in [7, 11) is 0. The molecule has 0 fully saturated rings. The molecule has 28 heavy (non-hydrogen) atoms. The Morgan fingerprint density at radius 3 is 2.75 bits per heavy atom. The van der Waals surface area contributed by atoms with Crippen LogP contribution >= 0.6 is 11.3 Å². The molecule has 0 bridgehead atoms. The van der Waals surface area contributed by atoms with E-state index in [2.05, 4.69) is 10.3 Å². The second kappa shape index (κ2) is 7.90. The lowest BCUT2D eigenvalue weighted by atomic mass is 10.1. The van der Waals surface area contributed by atoms with Crippen molar-refractivity contribution in [2.24, 2.45) is 0 Å². The molecule has 0 unspecified atom stereocenters. The van der Waals surface area contributed by atoms with Crippen molar-refractivity contribution < 1.29 is 19.0 Å². The van der Waals surface area contributed by atoms with Gasteiger partial charge in [0.1, 0.15) is 10.8 Å². The number of thiazole rings is 1. The molecule has 1 aliphatic rings. The number of ether oxygens (including phenoxy) is 3. The number of carbonyl (C=O) groups is 1. The highest BCUT2D eigenvalue weighted by Gasteiger charge is 2.17. The predicted octanol–water partition coefficient (Wildman–Crippen LogP) is 4.10. The second-order valence-corrected chi connectivity index (χ2v) is 7.37. The Balaban J connectivity index is 1.30. The average molecular weight is 396 g/mol. The first-order valence-corrected chi connectivity index (χ1v) is 9.81. The minimum absolute atomic E-state index is 0.0510. The highest BCUT2D eigenvalue weighted by molar-refractivity contribution is 7.13. The van der Waals surface area contributed by atoms with Crippen LogP contribution in [0.3, 0.4) is 0 Å². The van der Waals surface area contributed by atoms with Crippen molar-refractivity contribution in [2.45, 2.75) is 19.9 Å². The molecule has 0 radical (unpaired) electrons. The van der Waals surface area contributed by atoms with Gasteiger partial charge in [0.05, 0.1) is 6.04 Å². The molecule has 7 heteroatoms. The Bertz CT molecular complexity index is 984. The molecular weight excluding hydrogens is 376 g/mol. The number of carbonyl (C=O) groups excluding carboxylic acids is 1. The van der Waals surface area contributed by atoms with E-state index in [1.54, 1.807) is 11.3 Å². The summed E-state index contributed by atoms with van der Waals surface area (Å²) in [6.45, 7) is 4.07. The van der Waals surface area contributed by atoms with Gasteiger partial charge in [0.15, 0.2) is 18.1 Å². The van der Waals surface area contributed by atoms with E-state index in [-0.39, 0.29) is 25.3 Å². The lowest BCUT2D eigenvalue weighted by molar-refractivity contribution is -0.123. The summed E-state index contributed by atoms with van der Waals surface area (Å²) in [5.41, 5.74) is 2.99. The van der Waals surface area contributed by atoms with E-state index in [4.69, 9.17) is 14.2 Å². The number of nitrogens with zero attached hydrogens (tertiary/aromatic N) is 1. The standard InChI is InChI=1S/C21H20N2O4S/c1-13-11-28-21(22-13)15-3-6-17(7-4-15)25-10-20(24)23-14(2)16-5-8-18-19(9-16)27-12-26-18/h3-9,11,14H,10,12H2,1-2H3,(H,23,24)/t14-/m0/s1. The van der Waals surface area contributed by atoms with Gasteiger partial charge in [-0.05, 0) is 55.8 Å². The van der Waals surface area contributed by atoms with E-state index < -0.39 is 0 Å². The average Bonchev–Trinajstić information content (AvgIpc) is 3.35. The highest BCUT2D eigenvalue weighted by atomic mass is 32.1. The predicted molar refractivity (Wildman–Crippen MR) is 107 cm³/mol. The number of hydrogen-bond donors (Lipinski definition) is 1. The van der Waals surface area contributed by atoms with Crippen molar-refractivity contribution in [1.82, 2.24) is 10.3 Å². The third-order valence-electron chi connectivity index (χ3n) is 4.36. The van der Waals surface area contributed by atoms with Gasteiger partial charge in [0.2, 0.25) is 6.79 Å². The summed E-state index contributed by atoms with van der Waals surface area (Å²) < 4.78 is 16.3. The third-order valence-corrected chi connectivity index (χ3v) is 5.37. The molecule has 1 aromatic heterocycles. The van der Waals surface area contributed by atoms with Crippen molar-refractivity contribution in [1.29, 1.82) is 0 Å². The van der Waals surface area contributed by atoms with Crippen LogP contribution in [-0.4, -0.2) is 24.3 Å². The van der Waals surface area contributed by atoms with Gasteiger partial charge in [-0.1, -0.05) is 6.07 Å². The zero-order valence-corrected chi connectivity index (χ0v) is 16.4. The Hall–Kier alpha value is -3.06. The Labute approximate surface area is 167 Å². The molecule has 2 aromatic carbocycles. The van der Waals surface area contributed by atoms with Gasteiger partial charge in [-0.2, -0.15) is 0 Å². The molecule has 0 saturated heterocycles. The topological polar surface area (TPSA) is 69.7 Å². The number of amides is 1. The van der Waals surface area contributed by atoms with Crippen molar-refractivity contribution in [3.05, 3.63) is 59.1 Å². The maximum Gasteiger partial charge on any atom is 0.258 e. The second-order valence-electron chi connectivity index (χ2n) is 6.51. The molecule has 0 spiro atoms. The van der Waals surface area contributed by atoms with Crippen LogP contribution in [0.1, 0.15) is 24.2 Å². The van der Waals surface area contributed by atoms with Gasteiger partial charge >= 0.3 is 0 Å². The number of rotatable bonds is 6. The van der Waals surface area contributed by atoms with Gasteiger partial charge in [-0.15, -0.1) is 11.3 Å². The summed E-state index contributed by atoms with van der Waals surface area (Å²) in [4.78, 5) is 16.7. The summed E-state index contributed by atoms with van der Waals surface area (Å²) >= 11 is 1.61. The van der Waals surface area contributed by atoms with Crippen molar-refractivity contribution in [3.8, 4) is 27.8 Å². The summed E-state index contributed by atoms with van der Waals surface area (Å²) in [5, 5.41) is 5.92. The number of benzene rings is 2. The van der Waals surface area contributed by atoms with Gasteiger partial charge < -0.3 is 19.5 Å². The van der Waals surface area contributed by atoms with Crippen LogP contribution in [-0.2, 0) is 4.79 Å². The molecule has 1 atom stereocenters. The summed E-state index contributed by atoms with van der Waals surface area (Å²) in [6.07, 6.45) is 0. The van der Waals surface area contributed by atoms with Crippen LogP contribution in [0.2, 0.25) is 0 Å². The molecule has 0 aliphatic carbocycles. The fraction of sp³-hybridized carbons (Fsp3) is 0.238. The van der Waals surface area contributed by atoms with Crippen molar-refractivity contribution in [3.63, 3.8) is 0 Å². The molecule has 1 amide bonds. The highest BCUT2D eigenvalue weighted by Crippen LogP contribution is 2.34. The Kier molecular flexibility index (Phi) is 5.16. The first-order chi connectivity index (χ1) is 13.6. The van der Waals surface area contributed by atoms with Crippen molar-refractivity contribution >= 4 is 17.2 Å². The third kappa shape index (κ3) is 4.09. The quantitative estimate of drug-likeness (QED) is 0.679. The largest absolute Gasteiger partial charge is 0.484 e. The lowest BCUT2D eigenvalue weighted by Crippen LogP contribution is -2.31. The van der Waals surface area contributed by atoms with E-state index in [1.807, 2.05) is 61.7 Å². The van der Waals surface area contributed by atoms with Crippen LogP contribution in [0.25, 0.3) is 10.6 Å². The molecule has 2 heterocycles. The van der Waals surface area contributed by atoms with Crippen LogP contribution in [0.5, 0.6) is 17.2 Å². The first-order valence-electron chi connectivity index (χ1n) is 8.93. The number of hydrogen-bond acceptors (Lipinski definition) is 6. The van der Waals surface area contributed by atoms with E-state index in [9.17, 15) is 4.79 Å². The maximum absolute atomic E-state index is 12.2. The van der Waals surface area contributed by atoms with Gasteiger partial charge in [0.25, 0.3) is 5.91 Å². The maximum atomic E-state index is 12.2. The van der Waals surface area contributed by atoms with E-state index in [1.165, 1.54) is 0 Å². The molecule has 144 valence electrons. The summed E-state index contributed by atoms with van der Waals surface area (Å²) in [6, 6.07) is 13.1. The molecule has 6 nitrogen and oxygen atoms in total. The minimum Gasteiger partial charge on any atom is -0.484 e. The molecular formula is C21H20N2O4S. The zero-order valence-electron chi connectivity index (χ0n) is 15.6. The van der Waals surface area contributed by atoms with E-state index >= 15 is 0 Å². The van der Waals surface area contributed by atoms with E-state index in [0.717, 1.165) is 27.6 Å².